The molecular weight excluding hydrogens is 370 g/mol. The van der Waals surface area contributed by atoms with Gasteiger partial charge in [-0.2, -0.15) is 0 Å². The molecule has 0 unspecified atom stereocenters. The normalized spacial score (nSPS) is 12.6. The Morgan fingerprint density at radius 1 is 0.607 bits per heavy atom. The van der Waals surface area contributed by atoms with E-state index in [1.807, 2.05) is 20.8 Å². The molecule has 28 heavy (non-hydrogen) atoms. The molecule has 0 aliphatic rings. The van der Waals surface area contributed by atoms with Gasteiger partial charge in [0.05, 0.1) is 0 Å². The van der Waals surface area contributed by atoms with E-state index < -0.39 is 8.80 Å². The minimum absolute atomic E-state index is 0.303. The quantitative estimate of drug-likeness (QED) is 0.147. The van der Waals surface area contributed by atoms with Gasteiger partial charge < -0.3 is 13.3 Å². The largest absolute Gasteiger partial charge is 0.501 e. The average molecular weight is 420 g/mol. The monoisotopic (exact) mass is 419 g/mol. The molecule has 0 saturated carbocycles. The molecule has 170 valence electrons. The van der Waals surface area contributed by atoms with Gasteiger partial charge in [-0.15, -0.1) is 0 Å². The number of hydrogen-bond donors (Lipinski definition) is 3. The molecular formula is C21H49N3O3Si. The summed E-state index contributed by atoms with van der Waals surface area (Å²) in [7, 11) is -2.67. The SMILES string of the molecule is CCCCNC(CC[Si](OCC)(OCC)OCC)(NCCCC)NCCCC. The molecule has 0 aliphatic carbocycles. The van der Waals surface area contributed by atoms with Crippen molar-refractivity contribution >= 4 is 8.80 Å². The third-order valence-corrected chi connectivity index (χ3v) is 7.82. The fourth-order valence-electron chi connectivity index (χ4n) is 3.23. The molecule has 3 N–H and O–H groups in total. The highest BCUT2D eigenvalue weighted by Gasteiger charge is 2.43. The fraction of sp³-hybridized carbons (Fsp3) is 1.00. The van der Waals surface area contributed by atoms with E-state index in [0.717, 1.165) is 51.4 Å². The van der Waals surface area contributed by atoms with Crippen LogP contribution >= 0.6 is 0 Å². The van der Waals surface area contributed by atoms with Gasteiger partial charge in [-0.1, -0.05) is 40.0 Å². The molecule has 0 aromatic rings. The van der Waals surface area contributed by atoms with Gasteiger partial charge in [0.25, 0.3) is 0 Å². The van der Waals surface area contributed by atoms with Gasteiger partial charge in [0.2, 0.25) is 0 Å². The number of rotatable bonds is 21. The lowest BCUT2D eigenvalue weighted by molar-refractivity contribution is 0.0648. The molecule has 0 fully saturated rings. The summed E-state index contributed by atoms with van der Waals surface area (Å²) in [5.41, 5.74) is 0. The van der Waals surface area contributed by atoms with Crippen LogP contribution in [0.3, 0.4) is 0 Å². The van der Waals surface area contributed by atoms with Crippen LogP contribution in [-0.4, -0.2) is 54.0 Å². The molecule has 7 heteroatoms. The van der Waals surface area contributed by atoms with Gasteiger partial charge in [-0.25, -0.2) is 0 Å². The van der Waals surface area contributed by atoms with Gasteiger partial charge in [-0.05, 0) is 66.1 Å². The molecule has 0 aromatic heterocycles. The van der Waals surface area contributed by atoms with E-state index in [0.29, 0.717) is 19.8 Å². The van der Waals surface area contributed by atoms with Crippen molar-refractivity contribution in [1.29, 1.82) is 0 Å². The predicted octanol–water partition coefficient (Wildman–Crippen LogP) is 4.25. The first kappa shape index (κ1) is 28.0. The van der Waals surface area contributed by atoms with Gasteiger partial charge in [0.1, 0.15) is 5.79 Å². The zero-order valence-electron chi connectivity index (χ0n) is 19.6. The molecule has 0 aliphatic heterocycles. The van der Waals surface area contributed by atoms with Gasteiger partial charge in [0, 0.05) is 25.9 Å². The predicted molar refractivity (Wildman–Crippen MR) is 122 cm³/mol. The Bertz CT molecular complexity index is 305. The van der Waals surface area contributed by atoms with Crippen molar-refractivity contribution in [2.75, 3.05) is 39.5 Å². The zero-order valence-corrected chi connectivity index (χ0v) is 20.6. The molecule has 0 aromatic carbocycles. The van der Waals surface area contributed by atoms with Crippen LogP contribution in [-0.2, 0) is 13.3 Å². The summed E-state index contributed by atoms with van der Waals surface area (Å²) in [5, 5.41) is 11.4. The van der Waals surface area contributed by atoms with Crippen molar-refractivity contribution in [1.82, 2.24) is 16.0 Å². The molecule has 0 radical (unpaired) electrons. The second-order valence-electron chi connectivity index (χ2n) is 7.23. The first-order valence-electron chi connectivity index (χ1n) is 11.7. The fourth-order valence-corrected chi connectivity index (χ4v) is 5.91. The lowest BCUT2D eigenvalue weighted by Crippen LogP contribution is -2.67. The maximum atomic E-state index is 6.09. The van der Waals surface area contributed by atoms with Crippen LogP contribution in [0.1, 0.15) is 86.5 Å². The van der Waals surface area contributed by atoms with Crippen molar-refractivity contribution in [2.24, 2.45) is 0 Å². The van der Waals surface area contributed by atoms with Gasteiger partial charge in [0.15, 0.2) is 0 Å². The number of nitrogens with one attached hydrogen (secondary N) is 3. The standard InChI is InChI=1S/C21H49N3O3Si/c1-7-13-17-22-21(23-18-14-8-2,24-19-15-9-3)16-20-28(25-10-4,26-11-5)27-12-6/h22-24H,7-20H2,1-6H3. The Morgan fingerprint density at radius 3 is 1.25 bits per heavy atom. The summed E-state index contributed by atoms with van der Waals surface area (Å²) < 4.78 is 18.3. The highest BCUT2D eigenvalue weighted by atomic mass is 28.4. The van der Waals surface area contributed by atoms with Crippen LogP contribution in [0.4, 0.5) is 0 Å². The molecule has 0 rings (SSSR count). The summed E-state index contributed by atoms with van der Waals surface area (Å²) in [6.07, 6.45) is 7.91. The molecule has 0 saturated heterocycles. The van der Waals surface area contributed by atoms with Crippen LogP contribution in [0.15, 0.2) is 0 Å². The molecule has 0 heterocycles. The minimum Gasteiger partial charge on any atom is -0.374 e. The molecule has 0 atom stereocenters. The summed E-state index contributed by atoms with van der Waals surface area (Å²) in [6, 6.07) is 0.792. The smallest absolute Gasteiger partial charge is 0.374 e. The topological polar surface area (TPSA) is 63.8 Å². The zero-order chi connectivity index (χ0) is 21.1. The Morgan fingerprint density at radius 2 is 0.964 bits per heavy atom. The molecule has 0 bridgehead atoms. The first-order valence-corrected chi connectivity index (χ1v) is 13.7. The average Bonchev–Trinajstić information content (AvgIpc) is 2.67. The van der Waals surface area contributed by atoms with E-state index >= 15 is 0 Å². The number of hydrogen-bond acceptors (Lipinski definition) is 6. The van der Waals surface area contributed by atoms with Crippen LogP contribution in [0.25, 0.3) is 0 Å². The van der Waals surface area contributed by atoms with E-state index in [2.05, 4.69) is 36.7 Å². The van der Waals surface area contributed by atoms with E-state index in [4.69, 9.17) is 13.3 Å². The summed E-state index contributed by atoms with van der Waals surface area (Å²) in [6.45, 7) is 17.6. The summed E-state index contributed by atoms with van der Waals surface area (Å²) in [4.78, 5) is 0. The van der Waals surface area contributed by atoms with E-state index in [1.165, 1.54) is 19.3 Å². The van der Waals surface area contributed by atoms with Gasteiger partial charge in [-0.3, -0.25) is 16.0 Å². The lowest BCUT2D eigenvalue weighted by atomic mass is 10.2. The third kappa shape index (κ3) is 11.9. The Labute approximate surface area is 176 Å². The minimum atomic E-state index is -2.67. The van der Waals surface area contributed by atoms with Crippen molar-refractivity contribution in [3.05, 3.63) is 0 Å². The van der Waals surface area contributed by atoms with Crippen LogP contribution in [0.2, 0.25) is 6.04 Å². The maximum absolute atomic E-state index is 6.09. The van der Waals surface area contributed by atoms with Crippen molar-refractivity contribution in [3.63, 3.8) is 0 Å². The summed E-state index contributed by atoms with van der Waals surface area (Å²) >= 11 is 0. The lowest BCUT2D eigenvalue weighted by Gasteiger charge is -2.40. The Hall–Kier alpha value is -0.0231. The first-order chi connectivity index (χ1) is 13.6. The van der Waals surface area contributed by atoms with Gasteiger partial charge >= 0.3 is 8.80 Å². The molecule has 0 amide bonds. The van der Waals surface area contributed by atoms with Crippen LogP contribution in [0.5, 0.6) is 0 Å². The van der Waals surface area contributed by atoms with Crippen LogP contribution < -0.4 is 16.0 Å². The Kier molecular flexibility index (Phi) is 17.8. The van der Waals surface area contributed by atoms with E-state index in [-0.39, 0.29) is 5.79 Å². The highest BCUT2D eigenvalue weighted by Crippen LogP contribution is 2.22. The maximum Gasteiger partial charge on any atom is 0.501 e. The van der Waals surface area contributed by atoms with E-state index in [9.17, 15) is 0 Å². The van der Waals surface area contributed by atoms with Crippen molar-refractivity contribution < 1.29 is 13.3 Å². The third-order valence-electron chi connectivity index (χ3n) is 4.77. The molecule has 0 spiro atoms. The van der Waals surface area contributed by atoms with Crippen molar-refractivity contribution in [3.8, 4) is 0 Å². The molecule has 6 nitrogen and oxygen atoms in total. The number of unbranched alkanes of at least 4 members (excludes halogenated alkanes) is 3. The Balaban J connectivity index is 5.35. The summed E-state index contributed by atoms with van der Waals surface area (Å²) in [5.74, 6) is -0.303. The highest BCUT2D eigenvalue weighted by molar-refractivity contribution is 6.60. The van der Waals surface area contributed by atoms with E-state index in [1.54, 1.807) is 0 Å². The van der Waals surface area contributed by atoms with Crippen molar-refractivity contribution in [2.45, 2.75) is 98.3 Å². The second kappa shape index (κ2) is 17.8. The second-order valence-corrected chi connectivity index (χ2v) is 9.96. The van der Waals surface area contributed by atoms with Crippen LogP contribution in [0, 0.1) is 0 Å².